The molecule has 0 radical (unpaired) electrons. The fraction of sp³-hybridized carbons (Fsp3) is 0.174. The number of hydrogen-bond donors (Lipinski definition) is 1. The highest BCUT2D eigenvalue weighted by molar-refractivity contribution is 5.88. The molecule has 0 spiro atoms. The van der Waals surface area contributed by atoms with Gasteiger partial charge in [0.1, 0.15) is 11.5 Å². The van der Waals surface area contributed by atoms with E-state index in [1.54, 1.807) is 0 Å². The van der Waals surface area contributed by atoms with Crippen LogP contribution in [0.1, 0.15) is 31.9 Å². The molecule has 3 rings (SSSR count). The van der Waals surface area contributed by atoms with Crippen molar-refractivity contribution in [2.45, 2.75) is 26.2 Å². The van der Waals surface area contributed by atoms with Crippen LogP contribution in [-0.2, 0) is 10.2 Å². The molecule has 132 valence electrons. The Bertz CT molecular complexity index is 866. The van der Waals surface area contributed by atoms with Crippen molar-refractivity contribution in [3.05, 3.63) is 90.0 Å². The first kappa shape index (κ1) is 17.7. The molecule has 0 saturated heterocycles. The van der Waals surface area contributed by atoms with Crippen molar-refractivity contribution >= 4 is 11.6 Å². The molecule has 0 aliphatic carbocycles. The lowest BCUT2D eigenvalue weighted by Crippen LogP contribution is -2.18. The van der Waals surface area contributed by atoms with Gasteiger partial charge in [0.2, 0.25) is 5.91 Å². The largest absolute Gasteiger partial charge is 0.457 e. The van der Waals surface area contributed by atoms with Crippen LogP contribution >= 0.6 is 0 Å². The van der Waals surface area contributed by atoms with Gasteiger partial charge >= 0.3 is 0 Å². The lowest BCUT2D eigenvalue weighted by Gasteiger charge is -2.26. The molecule has 0 unspecified atom stereocenters. The Morgan fingerprint density at radius 3 is 1.81 bits per heavy atom. The highest BCUT2D eigenvalue weighted by Crippen LogP contribution is 2.33. The third kappa shape index (κ3) is 4.12. The molecule has 26 heavy (non-hydrogen) atoms. The van der Waals surface area contributed by atoms with Gasteiger partial charge < -0.3 is 10.1 Å². The van der Waals surface area contributed by atoms with Gasteiger partial charge in [-0.2, -0.15) is 0 Å². The van der Waals surface area contributed by atoms with Crippen molar-refractivity contribution in [1.29, 1.82) is 0 Å². The number of amides is 1. The van der Waals surface area contributed by atoms with Gasteiger partial charge in [-0.1, -0.05) is 56.3 Å². The number of ether oxygens (including phenoxy) is 1. The zero-order valence-corrected chi connectivity index (χ0v) is 15.3. The van der Waals surface area contributed by atoms with Crippen LogP contribution in [0.15, 0.2) is 78.9 Å². The highest BCUT2D eigenvalue weighted by atomic mass is 16.5. The van der Waals surface area contributed by atoms with Crippen LogP contribution in [0.3, 0.4) is 0 Å². The van der Waals surface area contributed by atoms with Crippen LogP contribution in [0.25, 0.3) is 0 Å². The van der Waals surface area contributed by atoms with Crippen LogP contribution in [0.4, 0.5) is 5.69 Å². The molecule has 0 saturated carbocycles. The van der Waals surface area contributed by atoms with E-state index in [9.17, 15) is 4.79 Å². The topological polar surface area (TPSA) is 38.3 Å². The number of anilines is 1. The van der Waals surface area contributed by atoms with E-state index in [0.717, 1.165) is 17.2 Å². The van der Waals surface area contributed by atoms with Crippen molar-refractivity contribution in [3.8, 4) is 11.5 Å². The normalized spacial score (nSPS) is 11.0. The van der Waals surface area contributed by atoms with Crippen molar-refractivity contribution < 1.29 is 9.53 Å². The molecule has 0 bridgehead atoms. The summed E-state index contributed by atoms with van der Waals surface area (Å²) in [6.07, 6.45) is 0. The van der Waals surface area contributed by atoms with Gasteiger partial charge in [0, 0.05) is 18.0 Å². The quantitative estimate of drug-likeness (QED) is 0.638. The van der Waals surface area contributed by atoms with Gasteiger partial charge in [0.05, 0.1) is 0 Å². The minimum Gasteiger partial charge on any atom is -0.457 e. The summed E-state index contributed by atoms with van der Waals surface area (Å²) < 4.78 is 5.90. The van der Waals surface area contributed by atoms with E-state index < -0.39 is 0 Å². The van der Waals surface area contributed by atoms with E-state index in [2.05, 4.69) is 55.6 Å². The zero-order valence-electron chi connectivity index (χ0n) is 15.3. The van der Waals surface area contributed by atoms with E-state index in [0.29, 0.717) is 0 Å². The fourth-order valence-corrected chi connectivity index (χ4v) is 2.91. The Kier molecular flexibility index (Phi) is 5.08. The summed E-state index contributed by atoms with van der Waals surface area (Å²) in [7, 11) is 0. The summed E-state index contributed by atoms with van der Waals surface area (Å²) in [5, 5.41) is 2.74. The van der Waals surface area contributed by atoms with Gasteiger partial charge in [-0.25, -0.2) is 0 Å². The lowest BCUT2D eigenvalue weighted by atomic mass is 9.78. The average molecular weight is 345 g/mol. The van der Waals surface area contributed by atoms with Gasteiger partial charge in [0.25, 0.3) is 0 Å². The molecule has 1 N–H and O–H groups in total. The highest BCUT2D eigenvalue weighted by Gasteiger charge is 2.22. The summed E-state index contributed by atoms with van der Waals surface area (Å²) in [5.41, 5.74) is 3.20. The van der Waals surface area contributed by atoms with Crippen LogP contribution < -0.4 is 10.1 Å². The monoisotopic (exact) mass is 345 g/mol. The Hall–Kier alpha value is -3.07. The standard InChI is InChI=1S/C23H23NO2/c1-17(25)24-20-11-15-22(16-12-20)26-21-13-9-19(10-14-21)23(2,3)18-7-5-4-6-8-18/h4-16H,1-3H3,(H,24,25). The van der Waals surface area contributed by atoms with Gasteiger partial charge in [-0.3, -0.25) is 4.79 Å². The number of benzene rings is 3. The van der Waals surface area contributed by atoms with Gasteiger partial charge in [-0.05, 0) is 47.5 Å². The Morgan fingerprint density at radius 1 is 0.769 bits per heavy atom. The molecule has 1 amide bonds. The first-order valence-electron chi connectivity index (χ1n) is 8.67. The maximum Gasteiger partial charge on any atom is 0.221 e. The fourth-order valence-electron chi connectivity index (χ4n) is 2.91. The Labute approximate surface area is 154 Å². The zero-order chi connectivity index (χ0) is 18.6. The summed E-state index contributed by atoms with van der Waals surface area (Å²) in [5.74, 6) is 1.43. The van der Waals surface area contributed by atoms with Crippen molar-refractivity contribution in [2.75, 3.05) is 5.32 Å². The maximum atomic E-state index is 11.1. The molecular weight excluding hydrogens is 322 g/mol. The Morgan fingerprint density at radius 2 is 1.27 bits per heavy atom. The minimum absolute atomic E-state index is 0.0696. The number of hydrogen-bond acceptors (Lipinski definition) is 2. The lowest BCUT2D eigenvalue weighted by molar-refractivity contribution is -0.114. The minimum atomic E-state index is -0.0877. The molecule has 0 aromatic heterocycles. The third-order valence-electron chi connectivity index (χ3n) is 4.48. The first-order valence-corrected chi connectivity index (χ1v) is 8.67. The molecular formula is C23H23NO2. The van der Waals surface area contributed by atoms with Crippen LogP contribution in [0.5, 0.6) is 11.5 Å². The van der Waals surface area contributed by atoms with E-state index in [1.165, 1.54) is 18.1 Å². The van der Waals surface area contributed by atoms with Crippen molar-refractivity contribution in [2.24, 2.45) is 0 Å². The number of carbonyl (C=O) groups is 1. The molecule has 0 atom stereocenters. The van der Waals surface area contributed by atoms with E-state index >= 15 is 0 Å². The second kappa shape index (κ2) is 7.44. The third-order valence-corrected chi connectivity index (χ3v) is 4.48. The van der Waals surface area contributed by atoms with Gasteiger partial charge in [0.15, 0.2) is 0 Å². The average Bonchev–Trinajstić information content (AvgIpc) is 2.64. The molecule has 3 nitrogen and oxygen atoms in total. The van der Waals surface area contributed by atoms with Gasteiger partial charge in [-0.15, -0.1) is 0 Å². The molecule has 0 aliphatic heterocycles. The predicted molar refractivity (Wildman–Crippen MR) is 106 cm³/mol. The number of rotatable bonds is 5. The smallest absolute Gasteiger partial charge is 0.221 e. The van der Waals surface area contributed by atoms with Crippen LogP contribution in [0, 0.1) is 0 Å². The van der Waals surface area contributed by atoms with E-state index in [-0.39, 0.29) is 11.3 Å². The molecule has 3 aromatic rings. The Balaban J connectivity index is 1.73. The number of carbonyl (C=O) groups excluding carboxylic acids is 1. The predicted octanol–water partition coefficient (Wildman–Crippen LogP) is 5.76. The SMILES string of the molecule is CC(=O)Nc1ccc(Oc2ccc(C(C)(C)c3ccccc3)cc2)cc1. The summed E-state index contributed by atoms with van der Waals surface area (Å²) in [4.78, 5) is 11.1. The first-order chi connectivity index (χ1) is 12.4. The molecule has 3 aromatic carbocycles. The van der Waals surface area contributed by atoms with Crippen molar-refractivity contribution in [1.82, 2.24) is 0 Å². The molecule has 3 heteroatoms. The van der Waals surface area contributed by atoms with E-state index in [1.807, 2.05) is 42.5 Å². The number of nitrogens with one attached hydrogen (secondary N) is 1. The second-order valence-corrected chi connectivity index (χ2v) is 6.82. The van der Waals surface area contributed by atoms with Crippen molar-refractivity contribution in [3.63, 3.8) is 0 Å². The summed E-state index contributed by atoms with van der Waals surface area (Å²) >= 11 is 0. The van der Waals surface area contributed by atoms with Crippen LogP contribution in [0.2, 0.25) is 0 Å². The molecule has 0 aliphatic rings. The summed E-state index contributed by atoms with van der Waals surface area (Å²) in [6, 6.07) is 26.0. The molecule has 0 fully saturated rings. The maximum absolute atomic E-state index is 11.1. The van der Waals surface area contributed by atoms with E-state index in [4.69, 9.17) is 4.74 Å². The summed E-state index contributed by atoms with van der Waals surface area (Å²) in [6.45, 7) is 5.93. The second-order valence-electron chi connectivity index (χ2n) is 6.82. The molecule has 0 heterocycles. The van der Waals surface area contributed by atoms with Crippen LogP contribution in [-0.4, -0.2) is 5.91 Å².